The van der Waals surface area contributed by atoms with E-state index in [1.165, 1.54) is 0 Å². The maximum absolute atomic E-state index is 11.8. The van der Waals surface area contributed by atoms with E-state index in [-0.39, 0.29) is 32.1 Å². The Labute approximate surface area is 126 Å². The fourth-order valence-electron chi connectivity index (χ4n) is 1.95. The number of amides is 1. The van der Waals surface area contributed by atoms with Gasteiger partial charge in [0.2, 0.25) is 5.91 Å². The van der Waals surface area contributed by atoms with Gasteiger partial charge in [-0.2, -0.15) is 0 Å². The average Bonchev–Trinajstić information content (AvgIpc) is 2.80. The summed E-state index contributed by atoms with van der Waals surface area (Å²) in [5, 5.41) is 12.6. The molecule has 0 bridgehead atoms. The molecule has 112 valence electrons. The van der Waals surface area contributed by atoms with Crippen LogP contribution >= 0.6 is 11.6 Å². The first kappa shape index (κ1) is 15.3. The van der Waals surface area contributed by atoms with Crippen molar-refractivity contribution in [3.63, 3.8) is 0 Å². The Hall–Kier alpha value is -2.05. The van der Waals surface area contributed by atoms with E-state index in [1.54, 1.807) is 12.3 Å². The molecule has 0 fully saturated rings. The lowest BCUT2D eigenvalue weighted by Gasteiger charge is -2.05. The Bertz CT molecular complexity index is 653. The van der Waals surface area contributed by atoms with Crippen LogP contribution < -0.4 is 5.32 Å². The summed E-state index contributed by atoms with van der Waals surface area (Å²) in [5.41, 5.74) is 1.78. The van der Waals surface area contributed by atoms with Crippen molar-refractivity contribution in [2.75, 3.05) is 19.8 Å². The van der Waals surface area contributed by atoms with Crippen LogP contribution in [-0.4, -0.2) is 41.7 Å². The zero-order valence-corrected chi connectivity index (χ0v) is 11.9. The number of rotatable bonds is 7. The summed E-state index contributed by atoms with van der Waals surface area (Å²) < 4.78 is 4.83. The van der Waals surface area contributed by atoms with Gasteiger partial charge in [0.15, 0.2) is 0 Å². The Morgan fingerprint density at radius 3 is 2.95 bits per heavy atom. The zero-order valence-electron chi connectivity index (χ0n) is 11.2. The quantitative estimate of drug-likeness (QED) is 0.677. The van der Waals surface area contributed by atoms with Gasteiger partial charge in [-0.3, -0.25) is 4.79 Å². The number of hydrogen-bond donors (Lipinski definition) is 3. The first-order valence-corrected chi connectivity index (χ1v) is 6.76. The zero-order chi connectivity index (χ0) is 15.2. The molecule has 0 aliphatic carbocycles. The van der Waals surface area contributed by atoms with Crippen molar-refractivity contribution >= 4 is 34.4 Å². The first-order valence-electron chi connectivity index (χ1n) is 6.38. The highest BCUT2D eigenvalue weighted by Gasteiger charge is 2.09. The number of H-pyrrole nitrogens is 1. The number of carbonyl (C=O) groups excluding carboxylic acids is 1. The topological polar surface area (TPSA) is 91.4 Å². The molecule has 0 unspecified atom stereocenters. The number of carboxylic acid groups (broad SMARTS) is 1. The number of carboxylic acids is 1. The molecule has 0 radical (unpaired) electrons. The van der Waals surface area contributed by atoms with E-state index < -0.39 is 5.97 Å². The molecule has 2 rings (SSSR count). The third-order valence-electron chi connectivity index (χ3n) is 2.87. The normalized spacial score (nSPS) is 10.7. The number of aliphatic carboxylic acids is 1. The monoisotopic (exact) mass is 310 g/mol. The van der Waals surface area contributed by atoms with Crippen LogP contribution in [0.15, 0.2) is 24.4 Å². The molecule has 1 aromatic heterocycles. The van der Waals surface area contributed by atoms with Crippen LogP contribution in [0.4, 0.5) is 0 Å². The van der Waals surface area contributed by atoms with Gasteiger partial charge in [-0.25, -0.2) is 4.79 Å². The number of aromatic amines is 1. The predicted molar refractivity (Wildman–Crippen MR) is 78.5 cm³/mol. The molecule has 2 aromatic rings. The molecule has 0 atom stereocenters. The molecular formula is C14H15ClN2O4. The molecule has 1 amide bonds. The van der Waals surface area contributed by atoms with Gasteiger partial charge in [0.25, 0.3) is 0 Å². The second-order valence-corrected chi connectivity index (χ2v) is 4.91. The summed E-state index contributed by atoms with van der Waals surface area (Å²) in [4.78, 5) is 25.1. The van der Waals surface area contributed by atoms with E-state index in [9.17, 15) is 9.59 Å². The molecule has 6 nitrogen and oxygen atoms in total. The van der Waals surface area contributed by atoms with Gasteiger partial charge in [-0.05, 0) is 23.8 Å². The minimum atomic E-state index is -1.03. The van der Waals surface area contributed by atoms with Gasteiger partial charge < -0.3 is 20.1 Å². The minimum Gasteiger partial charge on any atom is -0.480 e. The van der Waals surface area contributed by atoms with Gasteiger partial charge in [-0.1, -0.05) is 11.6 Å². The van der Waals surface area contributed by atoms with Gasteiger partial charge in [0.1, 0.15) is 6.61 Å². The maximum atomic E-state index is 11.8. The molecule has 0 aliphatic heterocycles. The Balaban J connectivity index is 1.84. The van der Waals surface area contributed by atoms with Crippen molar-refractivity contribution in [3.8, 4) is 0 Å². The number of aromatic nitrogens is 1. The Morgan fingerprint density at radius 1 is 1.38 bits per heavy atom. The number of halogens is 1. The summed E-state index contributed by atoms with van der Waals surface area (Å²) in [6.07, 6.45) is 2.00. The molecule has 1 aromatic carbocycles. The van der Waals surface area contributed by atoms with Crippen LogP contribution in [0, 0.1) is 0 Å². The number of carbonyl (C=O) groups is 2. The van der Waals surface area contributed by atoms with E-state index in [0.717, 1.165) is 16.5 Å². The van der Waals surface area contributed by atoms with Crippen LogP contribution in [0.2, 0.25) is 5.02 Å². The molecule has 0 saturated carbocycles. The molecule has 0 aliphatic rings. The molecule has 1 heterocycles. The second-order valence-electron chi connectivity index (χ2n) is 4.48. The lowest BCUT2D eigenvalue weighted by molar-refractivity contribution is -0.142. The predicted octanol–water partition coefficient (Wildman–Crippen LogP) is 1.58. The van der Waals surface area contributed by atoms with Gasteiger partial charge in [-0.15, -0.1) is 0 Å². The van der Waals surface area contributed by atoms with Gasteiger partial charge in [0, 0.05) is 28.7 Å². The minimum absolute atomic E-state index is 0.158. The lowest BCUT2D eigenvalue weighted by atomic mass is 10.1. The van der Waals surface area contributed by atoms with E-state index >= 15 is 0 Å². The summed E-state index contributed by atoms with van der Waals surface area (Å²) >= 11 is 5.95. The van der Waals surface area contributed by atoms with Crippen molar-refractivity contribution in [2.24, 2.45) is 0 Å². The summed E-state index contributed by atoms with van der Waals surface area (Å²) in [6.45, 7) is 0.0732. The van der Waals surface area contributed by atoms with Crippen LogP contribution in [0.3, 0.4) is 0 Å². The fraction of sp³-hybridized carbons (Fsp3) is 0.286. The highest BCUT2D eigenvalue weighted by molar-refractivity contribution is 6.31. The van der Waals surface area contributed by atoms with Crippen molar-refractivity contribution < 1.29 is 19.4 Å². The number of ether oxygens (including phenoxy) is 1. The largest absolute Gasteiger partial charge is 0.480 e. The second kappa shape index (κ2) is 7.10. The highest BCUT2D eigenvalue weighted by atomic mass is 35.5. The van der Waals surface area contributed by atoms with Crippen LogP contribution in [-0.2, 0) is 20.7 Å². The summed E-state index contributed by atoms with van der Waals surface area (Å²) in [7, 11) is 0. The fourth-order valence-corrected chi connectivity index (χ4v) is 2.13. The summed E-state index contributed by atoms with van der Waals surface area (Å²) in [5.74, 6) is -1.19. The smallest absolute Gasteiger partial charge is 0.329 e. The highest BCUT2D eigenvalue weighted by Crippen LogP contribution is 2.22. The third-order valence-corrected chi connectivity index (χ3v) is 3.11. The summed E-state index contributed by atoms with van der Waals surface area (Å²) in [6, 6.07) is 5.45. The number of benzene rings is 1. The molecule has 3 N–H and O–H groups in total. The lowest BCUT2D eigenvalue weighted by Crippen LogP contribution is -2.29. The molecule has 7 heteroatoms. The Kier molecular flexibility index (Phi) is 5.19. The van der Waals surface area contributed by atoms with Crippen LogP contribution in [0.1, 0.15) is 5.56 Å². The van der Waals surface area contributed by atoms with Crippen molar-refractivity contribution in [1.29, 1.82) is 0 Å². The maximum Gasteiger partial charge on any atom is 0.329 e. The standard InChI is InChI=1S/C14H15ClN2O4/c15-10-1-2-12-11(6-10)9(7-17-12)5-13(18)16-3-4-21-8-14(19)20/h1-2,6-7,17H,3-5,8H2,(H,16,18)(H,19,20). The van der Waals surface area contributed by atoms with E-state index in [0.29, 0.717) is 5.02 Å². The SMILES string of the molecule is O=C(O)COCCNC(=O)Cc1c[nH]c2ccc(Cl)cc12. The number of nitrogens with one attached hydrogen (secondary N) is 2. The van der Waals surface area contributed by atoms with Crippen molar-refractivity contribution in [3.05, 3.63) is 35.0 Å². The first-order chi connectivity index (χ1) is 10.1. The van der Waals surface area contributed by atoms with E-state index in [1.807, 2.05) is 12.1 Å². The third kappa shape index (κ3) is 4.47. The van der Waals surface area contributed by atoms with Crippen LogP contribution in [0.25, 0.3) is 10.9 Å². The van der Waals surface area contributed by atoms with Crippen LogP contribution in [0.5, 0.6) is 0 Å². The van der Waals surface area contributed by atoms with Gasteiger partial charge in [0.05, 0.1) is 13.0 Å². The van der Waals surface area contributed by atoms with E-state index in [4.69, 9.17) is 21.4 Å². The van der Waals surface area contributed by atoms with E-state index in [2.05, 4.69) is 10.3 Å². The Morgan fingerprint density at radius 2 is 2.19 bits per heavy atom. The number of fused-ring (bicyclic) bond motifs is 1. The van der Waals surface area contributed by atoms with Crippen molar-refractivity contribution in [2.45, 2.75) is 6.42 Å². The number of hydrogen-bond acceptors (Lipinski definition) is 3. The molecule has 21 heavy (non-hydrogen) atoms. The molecule has 0 spiro atoms. The van der Waals surface area contributed by atoms with Crippen molar-refractivity contribution in [1.82, 2.24) is 10.3 Å². The molecular weight excluding hydrogens is 296 g/mol. The average molecular weight is 311 g/mol. The molecule has 0 saturated heterocycles. The van der Waals surface area contributed by atoms with Gasteiger partial charge >= 0.3 is 5.97 Å².